The normalized spacial score (nSPS) is 13.3. The van der Waals surface area contributed by atoms with E-state index in [4.69, 9.17) is 0 Å². The Bertz CT molecular complexity index is 1000. The third kappa shape index (κ3) is 2.88. The zero-order valence-electron chi connectivity index (χ0n) is 14.6. The standard InChI is InChI=1S/C21H20N2O2S/c1-22-20(25)18-16-10-4-5-12-17(16)26-21(18)23-19(24)15-11-6-8-13-7-2-3-9-14(13)15/h2-3,6-9,11H,4-5,10,12H2,1H3,(H,22,25)(H,23,24). The summed E-state index contributed by atoms with van der Waals surface area (Å²) in [4.78, 5) is 26.6. The molecule has 0 unspecified atom stereocenters. The predicted molar refractivity (Wildman–Crippen MR) is 106 cm³/mol. The first-order valence-corrected chi connectivity index (χ1v) is 9.66. The van der Waals surface area contributed by atoms with Crippen molar-refractivity contribution in [3.05, 3.63) is 64.0 Å². The smallest absolute Gasteiger partial charge is 0.256 e. The second-order valence-corrected chi connectivity index (χ2v) is 7.58. The molecule has 1 aliphatic carbocycles. The molecule has 1 aromatic heterocycles. The fourth-order valence-electron chi connectivity index (χ4n) is 3.61. The van der Waals surface area contributed by atoms with E-state index < -0.39 is 0 Å². The number of rotatable bonds is 3. The monoisotopic (exact) mass is 364 g/mol. The molecule has 0 aliphatic heterocycles. The Morgan fingerprint density at radius 3 is 2.58 bits per heavy atom. The van der Waals surface area contributed by atoms with Crippen LogP contribution >= 0.6 is 11.3 Å². The summed E-state index contributed by atoms with van der Waals surface area (Å²) in [6.07, 6.45) is 4.11. The Kier molecular flexibility index (Phi) is 4.47. The lowest BCUT2D eigenvalue weighted by atomic mass is 9.95. The van der Waals surface area contributed by atoms with Gasteiger partial charge in [-0.2, -0.15) is 0 Å². The van der Waals surface area contributed by atoms with E-state index in [0.29, 0.717) is 16.1 Å². The van der Waals surface area contributed by atoms with Gasteiger partial charge >= 0.3 is 0 Å². The maximum atomic E-state index is 13.0. The molecular formula is C21H20N2O2S. The highest BCUT2D eigenvalue weighted by Gasteiger charge is 2.26. The number of amides is 2. The van der Waals surface area contributed by atoms with E-state index in [1.165, 1.54) is 4.88 Å². The molecule has 132 valence electrons. The van der Waals surface area contributed by atoms with Gasteiger partial charge in [-0.25, -0.2) is 0 Å². The molecule has 2 N–H and O–H groups in total. The molecule has 0 fully saturated rings. The molecule has 1 heterocycles. The second kappa shape index (κ2) is 6.92. The highest BCUT2D eigenvalue weighted by Crippen LogP contribution is 2.38. The zero-order valence-corrected chi connectivity index (χ0v) is 15.4. The van der Waals surface area contributed by atoms with E-state index in [0.717, 1.165) is 42.0 Å². The van der Waals surface area contributed by atoms with Crippen LogP contribution in [0.5, 0.6) is 0 Å². The van der Waals surface area contributed by atoms with Crippen LogP contribution in [-0.2, 0) is 12.8 Å². The molecule has 0 bridgehead atoms. The number of carbonyl (C=O) groups is 2. The van der Waals surface area contributed by atoms with E-state index in [9.17, 15) is 9.59 Å². The Hall–Kier alpha value is -2.66. The lowest BCUT2D eigenvalue weighted by molar-refractivity contribution is 0.0963. The van der Waals surface area contributed by atoms with Crippen molar-refractivity contribution in [2.45, 2.75) is 25.7 Å². The third-order valence-corrected chi connectivity index (χ3v) is 6.09. The average Bonchev–Trinajstić information content (AvgIpc) is 3.04. The van der Waals surface area contributed by atoms with Crippen LogP contribution in [0.15, 0.2) is 42.5 Å². The summed E-state index contributed by atoms with van der Waals surface area (Å²) in [6.45, 7) is 0. The third-order valence-electron chi connectivity index (χ3n) is 4.89. The van der Waals surface area contributed by atoms with Crippen LogP contribution in [-0.4, -0.2) is 18.9 Å². The molecule has 0 saturated carbocycles. The van der Waals surface area contributed by atoms with Crippen molar-refractivity contribution in [3.63, 3.8) is 0 Å². The van der Waals surface area contributed by atoms with E-state index in [-0.39, 0.29) is 11.8 Å². The molecule has 5 heteroatoms. The van der Waals surface area contributed by atoms with Gasteiger partial charge in [0.25, 0.3) is 11.8 Å². The summed E-state index contributed by atoms with van der Waals surface area (Å²) in [5.74, 6) is -0.303. The van der Waals surface area contributed by atoms with Crippen molar-refractivity contribution < 1.29 is 9.59 Å². The number of carbonyl (C=O) groups excluding carboxylic acids is 2. The molecule has 1 aliphatic rings. The number of hydrogen-bond donors (Lipinski definition) is 2. The second-order valence-electron chi connectivity index (χ2n) is 6.47. The first-order valence-electron chi connectivity index (χ1n) is 8.84. The van der Waals surface area contributed by atoms with Crippen LogP contribution in [0, 0.1) is 0 Å². The molecule has 0 radical (unpaired) electrons. The zero-order chi connectivity index (χ0) is 18.1. The molecule has 0 saturated heterocycles. The van der Waals surface area contributed by atoms with Gasteiger partial charge in [-0.3, -0.25) is 9.59 Å². The maximum Gasteiger partial charge on any atom is 0.256 e. The Labute approximate surface area is 156 Å². The minimum absolute atomic E-state index is 0.127. The molecule has 26 heavy (non-hydrogen) atoms. The first-order chi connectivity index (χ1) is 12.7. The number of benzene rings is 2. The van der Waals surface area contributed by atoms with Gasteiger partial charge in [0.05, 0.1) is 5.56 Å². The van der Waals surface area contributed by atoms with Crippen LogP contribution in [0.25, 0.3) is 10.8 Å². The van der Waals surface area contributed by atoms with E-state index in [1.807, 2.05) is 42.5 Å². The highest BCUT2D eigenvalue weighted by atomic mass is 32.1. The van der Waals surface area contributed by atoms with Gasteiger partial charge in [0.2, 0.25) is 0 Å². The van der Waals surface area contributed by atoms with Crippen molar-refractivity contribution in [3.8, 4) is 0 Å². The first kappa shape index (κ1) is 16.8. The number of fused-ring (bicyclic) bond motifs is 2. The number of hydrogen-bond acceptors (Lipinski definition) is 3. The quantitative estimate of drug-likeness (QED) is 0.724. The van der Waals surface area contributed by atoms with Gasteiger partial charge in [-0.1, -0.05) is 36.4 Å². The largest absolute Gasteiger partial charge is 0.355 e. The van der Waals surface area contributed by atoms with Crippen molar-refractivity contribution in [2.75, 3.05) is 12.4 Å². The molecule has 3 aromatic rings. The van der Waals surface area contributed by atoms with Gasteiger partial charge < -0.3 is 10.6 Å². The average molecular weight is 364 g/mol. The summed E-state index contributed by atoms with van der Waals surface area (Å²) in [5.41, 5.74) is 2.37. The molecule has 4 rings (SSSR count). The maximum absolute atomic E-state index is 13.0. The van der Waals surface area contributed by atoms with Crippen LogP contribution in [0.2, 0.25) is 0 Å². The van der Waals surface area contributed by atoms with Crippen LogP contribution < -0.4 is 10.6 Å². The Morgan fingerprint density at radius 1 is 0.962 bits per heavy atom. The van der Waals surface area contributed by atoms with Gasteiger partial charge in [0.15, 0.2) is 0 Å². The summed E-state index contributed by atoms with van der Waals surface area (Å²) in [5, 5.41) is 8.33. The van der Waals surface area contributed by atoms with Crippen LogP contribution in [0.4, 0.5) is 5.00 Å². The summed E-state index contributed by atoms with van der Waals surface area (Å²) >= 11 is 1.54. The molecular weight excluding hydrogens is 344 g/mol. The fraction of sp³-hybridized carbons (Fsp3) is 0.238. The van der Waals surface area contributed by atoms with Crippen LogP contribution in [0.1, 0.15) is 44.0 Å². The van der Waals surface area contributed by atoms with Crippen molar-refractivity contribution in [1.82, 2.24) is 5.32 Å². The van der Waals surface area contributed by atoms with E-state index in [1.54, 1.807) is 18.4 Å². The van der Waals surface area contributed by atoms with Gasteiger partial charge in [0.1, 0.15) is 5.00 Å². The predicted octanol–water partition coefficient (Wildman–Crippen LogP) is 4.39. The van der Waals surface area contributed by atoms with Crippen molar-refractivity contribution >= 4 is 38.9 Å². The SMILES string of the molecule is CNC(=O)c1c(NC(=O)c2cccc3ccccc23)sc2c1CCCC2. The fourth-order valence-corrected chi connectivity index (χ4v) is 4.89. The number of aryl methyl sites for hydroxylation is 1. The van der Waals surface area contributed by atoms with Crippen molar-refractivity contribution in [2.24, 2.45) is 0 Å². The van der Waals surface area contributed by atoms with Crippen molar-refractivity contribution in [1.29, 1.82) is 0 Å². The number of thiophene rings is 1. The van der Waals surface area contributed by atoms with E-state index in [2.05, 4.69) is 10.6 Å². The molecule has 4 nitrogen and oxygen atoms in total. The van der Waals surface area contributed by atoms with Gasteiger partial charge in [0, 0.05) is 17.5 Å². The summed E-state index contributed by atoms with van der Waals surface area (Å²) in [6, 6.07) is 13.5. The molecule has 2 amide bonds. The molecule has 2 aromatic carbocycles. The summed E-state index contributed by atoms with van der Waals surface area (Å²) in [7, 11) is 1.63. The minimum Gasteiger partial charge on any atom is -0.355 e. The lowest BCUT2D eigenvalue weighted by Gasteiger charge is -2.12. The molecule has 0 atom stereocenters. The number of anilines is 1. The van der Waals surface area contributed by atoms with E-state index >= 15 is 0 Å². The Balaban J connectivity index is 1.74. The lowest BCUT2D eigenvalue weighted by Crippen LogP contribution is -2.22. The Morgan fingerprint density at radius 2 is 1.73 bits per heavy atom. The molecule has 0 spiro atoms. The van der Waals surface area contributed by atoms with Gasteiger partial charge in [-0.05, 0) is 48.1 Å². The van der Waals surface area contributed by atoms with Gasteiger partial charge in [-0.15, -0.1) is 11.3 Å². The van der Waals surface area contributed by atoms with Crippen LogP contribution in [0.3, 0.4) is 0 Å². The summed E-state index contributed by atoms with van der Waals surface area (Å²) < 4.78 is 0. The number of nitrogens with one attached hydrogen (secondary N) is 2. The minimum atomic E-state index is -0.175. The topological polar surface area (TPSA) is 58.2 Å². The highest BCUT2D eigenvalue weighted by molar-refractivity contribution is 7.17.